The monoisotopic (exact) mass is 319 g/mol. The van der Waals surface area contributed by atoms with Gasteiger partial charge in [0.15, 0.2) is 0 Å². The first-order chi connectivity index (χ1) is 9.81. The van der Waals surface area contributed by atoms with Crippen LogP contribution in [0.15, 0.2) is 0 Å². The molecular formula is C15H33N3O2S. The van der Waals surface area contributed by atoms with Gasteiger partial charge in [0.1, 0.15) is 0 Å². The predicted octanol–water partition coefficient (Wildman–Crippen LogP) is 1.97. The molecule has 0 amide bonds. The van der Waals surface area contributed by atoms with E-state index in [0.29, 0.717) is 25.0 Å². The fourth-order valence-electron chi connectivity index (χ4n) is 2.89. The van der Waals surface area contributed by atoms with Gasteiger partial charge >= 0.3 is 0 Å². The Bertz CT molecular complexity index is 384. The second kappa shape index (κ2) is 9.08. The molecule has 5 nitrogen and oxygen atoms in total. The minimum absolute atomic E-state index is 0.443. The molecule has 1 aliphatic carbocycles. The van der Waals surface area contributed by atoms with E-state index in [4.69, 9.17) is 0 Å². The van der Waals surface area contributed by atoms with Crippen LogP contribution >= 0.6 is 0 Å². The van der Waals surface area contributed by atoms with Crippen molar-refractivity contribution in [3.05, 3.63) is 0 Å². The second-order valence-electron chi connectivity index (χ2n) is 6.78. The van der Waals surface area contributed by atoms with Crippen molar-refractivity contribution in [2.75, 3.05) is 26.7 Å². The summed E-state index contributed by atoms with van der Waals surface area (Å²) in [5.74, 6) is 1.23. The number of hydrogen-bond acceptors (Lipinski definition) is 3. The average Bonchev–Trinajstić information content (AvgIpc) is 2.41. The van der Waals surface area contributed by atoms with Crippen LogP contribution in [0, 0.1) is 11.8 Å². The summed E-state index contributed by atoms with van der Waals surface area (Å²) >= 11 is 0. The highest BCUT2D eigenvalue weighted by atomic mass is 32.2. The van der Waals surface area contributed by atoms with E-state index in [9.17, 15) is 8.42 Å². The van der Waals surface area contributed by atoms with Gasteiger partial charge in [0.25, 0.3) is 10.2 Å². The molecule has 1 rings (SSSR count). The Morgan fingerprint density at radius 2 is 2.00 bits per heavy atom. The van der Waals surface area contributed by atoms with Crippen LogP contribution in [0.5, 0.6) is 0 Å². The Labute approximate surface area is 131 Å². The molecule has 0 heterocycles. The summed E-state index contributed by atoms with van der Waals surface area (Å²) in [5.41, 5.74) is 0. The van der Waals surface area contributed by atoms with Crippen LogP contribution < -0.4 is 10.0 Å². The molecule has 0 aromatic carbocycles. The maximum Gasteiger partial charge on any atom is 0.279 e. The standard InChI is InChI=1S/C15H33N3O2S/c1-13(2)16-9-6-10-18(4)21(19,20)17-12-15-8-5-7-14(3)11-15/h13-17H,5-12H2,1-4H3. The fourth-order valence-corrected chi connectivity index (χ4v) is 3.93. The molecule has 1 aliphatic rings. The highest BCUT2D eigenvalue weighted by Crippen LogP contribution is 2.28. The Balaban J connectivity index is 2.27. The Morgan fingerprint density at radius 3 is 2.62 bits per heavy atom. The lowest BCUT2D eigenvalue weighted by atomic mass is 9.83. The Hall–Kier alpha value is -0.170. The first kappa shape index (κ1) is 18.9. The summed E-state index contributed by atoms with van der Waals surface area (Å²) in [6.45, 7) is 8.42. The molecule has 0 spiro atoms. The molecule has 0 radical (unpaired) electrons. The SMILES string of the molecule is CC1CCCC(CNS(=O)(=O)N(C)CCCNC(C)C)C1. The predicted molar refractivity (Wildman–Crippen MR) is 88.4 cm³/mol. The summed E-state index contributed by atoms with van der Waals surface area (Å²) in [6.07, 6.45) is 5.63. The van der Waals surface area contributed by atoms with Crippen LogP contribution in [-0.4, -0.2) is 45.4 Å². The first-order valence-electron chi connectivity index (χ1n) is 8.25. The van der Waals surface area contributed by atoms with Crippen LogP contribution in [0.1, 0.15) is 52.9 Å². The molecule has 0 aromatic rings. The van der Waals surface area contributed by atoms with Gasteiger partial charge in [-0.25, -0.2) is 4.72 Å². The van der Waals surface area contributed by atoms with E-state index in [1.165, 1.54) is 17.1 Å². The van der Waals surface area contributed by atoms with Gasteiger partial charge in [0, 0.05) is 26.2 Å². The van der Waals surface area contributed by atoms with Crippen molar-refractivity contribution < 1.29 is 8.42 Å². The third-order valence-corrected chi connectivity index (χ3v) is 5.75. The van der Waals surface area contributed by atoms with Crippen LogP contribution in [-0.2, 0) is 10.2 Å². The molecule has 2 N–H and O–H groups in total. The largest absolute Gasteiger partial charge is 0.314 e. The molecule has 2 atom stereocenters. The van der Waals surface area contributed by atoms with E-state index in [1.54, 1.807) is 7.05 Å². The molecule has 1 fully saturated rings. The van der Waals surface area contributed by atoms with E-state index >= 15 is 0 Å². The molecule has 6 heteroatoms. The first-order valence-corrected chi connectivity index (χ1v) is 9.69. The van der Waals surface area contributed by atoms with Gasteiger partial charge < -0.3 is 5.32 Å². The normalized spacial score (nSPS) is 23.9. The van der Waals surface area contributed by atoms with E-state index in [0.717, 1.165) is 31.7 Å². The molecule has 126 valence electrons. The third-order valence-electron chi connectivity index (χ3n) is 4.21. The maximum atomic E-state index is 12.2. The zero-order valence-electron chi connectivity index (χ0n) is 14.1. The fraction of sp³-hybridized carbons (Fsp3) is 1.00. The lowest BCUT2D eigenvalue weighted by molar-refractivity contribution is 0.281. The number of hydrogen-bond donors (Lipinski definition) is 2. The lowest BCUT2D eigenvalue weighted by Crippen LogP contribution is -2.42. The molecule has 0 bridgehead atoms. The average molecular weight is 320 g/mol. The van der Waals surface area contributed by atoms with E-state index in [1.807, 2.05) is 0 Å². The molecule has 1 saturated carbocycles. The van der Waals surface area contributed by atoms with Crippen molar-refractivity contribution >= 4 is 10.2 Å². The van der Waals surface area contributed by atoms with Crippen LogP contribution in [0.4, 0.5) is 0 Å². The summed E-state index contributed by atoms with van der Waals surface area (Å²) in [5, 5.41) is 3.30. The number of nitrogens with zero attached hydrogens (tertiary/aromatic N) is 1. The van der Waals surface area contributed by atoms with Gasteiger partial charge in [-0.3, -0.25) is 0 Å². The smallest absolute Gasteiger partial charge is 0.279 e. The second-order valence-corrected chi connectivity index (χ2v) is 8.64. The Morgan fingerprint density at radius 1 is 1.29 bits per heavy atom. The van der Waals surface area contributed by atoms with E-state index in [-0.39, 0.29) is 0 Å². The molecular weight excluding hydrogens is 286 g/mol. The summed E-state index contributed by atoms with van der Waals surface area (Å²) in [4.78, 5) is 0. The quantitative estimate of drug-likeness (QED) is 0.639. The highest BCUT2D eigenvalue weighted by Gasteiger charge is 2.22. The zero-order valence-corrected chi connectivity index (χ0v) is 14.9. The Kier molecular flexibility index (Phi) is 8.16. The van der Waals surface area contributed by atoms with Gasteiger partial charge in [-0.15, -0.1) is 0 Å². The number of nitrogens with one attached hydrogen (secondary N) is 2. The van der Waals surface area contributed by atoms with Crippen LogP contribution in [0.2, 0.25) is 0 Å². The van der Waals surface area contributed by atoms with Gasteiger partial charge in [0.05, 0.1) is 0 Å². The van der Waals surface area contributed by atoms with Crippen molar-refractivity contribution in [1.82, 2.24) is 14.3 Å². The van der Waals surface area contributed by atoms with Crippen molar-refractivity contribution in [3.63, 3.8) is 0 Å². The lowest BCUT2D eigenvalue weighted by Gasteiger charge is -2.27. The van der Waals surface area contributed by atoms with Crippen molar-refractivity contribution in [2.45, 2.75) is 58.9 Å². The summed E-state index contributed by atoms with van der Waals surface area (Å²) in [7, 11) is -1.67. The van der Waals surface area contributed by atoms with Gasteiger partial charge in [0.2, 0.25) is 0 Å². The minimum Gasteiger partial charge on any atom is -0.314 e. The molecule has 0 aromatic heterocycles. The van der Waals surface area contributed by atoms with Gasteiger partial charge in [-0.2, -0.15) is 12.7 Å². The van der Waals surface area contributed by atoms with E-state index in [2.05, 4.69) is 30.8 Å². The highest BCUT2D eigenvalue weighted by molar-refractivity contribution is 7.87. The topological polar surface area (TPSA) is 61.4 Å². The maximum absolute atomic E-state index is 12.2. The molecule has 21 heavy (non-hydrogen) atoms. The molecule has 0 aliphatic heterocycles. The zero-order chi connectivity index (χ0) is 15.9. The van der Waals surface area contributed by atoms with Gasteiger partial charge in [-0.05, 0) is 37.6 Å². The van der Waals surface area contributed by atoms with Crippen molar-refractivity contribution in [3.8, 4) is 0 Å². The van der Waals surface area contributed by atoms with Crippen LogP contribution in [0.25, 0.3) is 0 Å². The number of rotatable bonds is 9. The third kappa shape index (κ3) is 7.58. The summed E-state index contributed by atoms with van der Waals surface area (Å²) < 4.78 is 28.6. The van der Waals surface area contributed by atoms with Gasteiger partial charge in [-0.1, -0.05) is 33.6 Å². The van der Waals surface area contributed by atoms with Crippen molar-refractivity contribution in [1.29, 1.82) is 0 Å². The van der Waals surface area contributed by atoms with Crippen LogP contribution in [0.3, 0.4) is 0 Å². The molecule has 0 saturated heterocycles. The summed E-state index contributed by atoms with van der Waals surface area (Å²) in [6, 6.07) is 0.443. The molecule has 2 unspecified atom stereocenters. The minimum atomic E-state index is -3.32. The van der Waals surface area contributed by atoms with E-state index < -0.39 is 10.2 Å². The van der Waals surface area contributed by atoms with Crippen molar-refractivity contribution in [2.24, 2.45) is 11.8 Å².